The number of carbonyl (C=O) groups excluding carboxylic acids is 1. The zero-order valence-corrected chi connectivity index (χ0v) is 14.7. The van der Waals surface area contributed by atoms with Crippen LogP contribution in [-0.4, -0.2) is 41.0 Å². The molecular formula is C19H25N5O. The number of hydrogen-bond acceptors (Lipinski definition) is 5. The second kappa shape index (κ2) is 8.05. The Balaban J connectivity index is 1.70. The Morgan fingerprint density at radius 2 is 2.20 bits per heavy atom. The molecule has 3 heterocycles. The molecule has 0 spiro atoms. The molecule has 0 aromatic carbocycles. The Hall–Kier alpha value is -2.50. The van der Waals surface area contributed by atoms with E-state index >= 15 is 0 Å². The maximum atomic E-state index is 12.7. The summed E-state index contributed by atoms with van der Waals surface area (Å²) in [4.78, 5) is 27.9. The van der Waals surface area contributed by atoms with Crippen molar-refractivity contribution in [1.29, 1.82) is 0 Å². The molecule has 132 valence electrons. The molecule has 0 aliphatic carbocycles. The summed E-state index contributed by atoms with van der Waals surface area (Å²) in [6.07, 6.45) is 11.5. The number of piperidine rings is 1. The number of nitrogens with zero attached hydrogens (tertiary/aromatic N) is 4. The van der Waals surface area contributed by atoms with Gasteiger partial charge in [-0.1, -0.05) is 6.07 Å². The first-order chi connectivity index (χ1) is 12.2. The van der Waals surface area contributed by atoms with Crippen molar-refractivity contribution in [1.82, 2.24) is 20.3 Å². The number of aromatic nitrogens is 3. The summed E-state index contributed by atoms with van der Waals surface area (Å²) in [7, 11) is 1.73. The van der Waals surface area contributed by atoms with Crippen molar-refractivity contribution < 1.29 is 4.79 Å². The molecule has 1 saturated heterocycles. The second-order valence-electron chi connectivity index (χ2n) is 6.62. The first-order valence-electron chi connectivity index (χ1n) is 8.87. The lowest BCUT2D eigenvalue weighted by atomic mass is 9.75. The summed E-state index contributed by atoms with van der Waals surface area (Å²) < 4.78 is 0. The zero-order valence-electron chi connectivity index (χ0n) is 14.7. The number of carbonyl (C=O) groups is 1. The largest absolute Gasteiger partial charge is 0.359 e. The number of rotatable bonds is 6. The van der Waals surface area contributed by atoms with Gasteiger partial charge in [0.05, 0.1) is 11.1 Å². The summed E-state index contributed by atoms with van der Waals surface area (Å²) in [5.74, 6) is 1.08. The van der Waals surface area contributed by atoms with Crippen LogP contribution in [0.1, 0.15) is 31.4 Å². The van der Waals surface area contributed by atoms with Crippen LogP contribution in [0.5, 0.6) is 0 Å². The topological polar surface area (TPSA) is 71.0 Å². The Bertz CT molecular complexity index is 679. The molecule has 3 rings (SSSR count). The predicted octanol–water partition coefficient (Wildman–Crippen LogP) is 2.23. The van der Waals surface area contributed by atoms with E-state index in [0.717, 1.165) is 50.2 Å². The first-order valence-corrected chi connectivity index (χ1v) is 8.87. The fraction of sp³-hybridized carbons (Fsp3) is 0.474. The molecule has 25 heavy (non-hydrogen) atoms. The minimum atomic E-state index is -0.368. The lowest BCUT2D eigenvalue weighted by Crippen LogP contribution is -2.51. The molecule has 6 heteroatoms. The first kappa shape index (κ1) is 17.3. The molecule has 2 aromatic heterocycles. The highest BCUT2D eigenvalue weighted by Crippen LogP contribution is 2.36. The number of aryl methyl sites for hydroxylation is 1. The van der Waals surface area contributed by atoms with Gasteiger partial charge >= 0.3 is 0 Å². The Morgan fingerprint density at radius 3 is 2.92 bits per heavy atom. The van der Waals surface area contributed by atoms with Gasteiger partial charge < -0.3 is 10.2 Å². The van der Waals surface area contributed by atoms with E-state index in [-0.39, 0.29) is 11.3 Å². The van der Waals surface area contributed by atoms with Crippen molar-refractivity contribution in [3.8, 4) is 0 Å². The molecular weight excluding hydrogens is 314 g/mol. The number of anilines is 1. The van der Waals surface area contributed by atoms with E-state index in [1.807, 2.05) is 18.2 Å². The van der Waals surface area contributed by atoms with E-state index in [9.17, 15) is 4.79 Å². The summed E-state index contributed by atoms with van der Waals surface area (Å²) >= 11 is 0. The third-order valence-electron chi connectivity index (χ3n) is 4.96. The van der Waals surface area contributed by atoms with Crippen molar-refractivity contribution in [3.63, 3.8) is 0 Å². The predicted molar refractivity (Wildman–Crippen MR) is 97.2 cm³/mol. The monoisotopic (exact) mass is 339 g/mol. The van der Waals surface area contributed by atoms with Crippen LogP contribution in [0.2, 0.25) is 0 Å². The van der Waals surface area contributed by atoms with E-state index in [1.54, 1.807) is 31.8 Å². The van der Waals surface area contributed by atoms with Crippen LogP contribution in [0.25, 0.3) is 0 Å². The minimum Gasteiger partial charge on any atom is -0.359 e. The van der Waals surface area contributed by atoms with E-state index < -0.39 is 0 Å². The number of nitrogens with one attached hydrogen (secondary N) is 1. The van der Waals surface area contributed by atoms with E-state index in [4.69, 9.17) is 0 Å². The SMILES string of the molecule is CNC(=O)[C@@]1(CCCc2cnccn2)CCCN(c2ccccn2)C1. The van der Waals surface area contributed by atoms with Gasteiger partial charge in [0, 0.05) is 44.9 Å². The normalized spacial score (nSPS) is 20.3. The van der Waals surface area contributed by atoms with Crippen LogP contribution in [0.3, 0.4) is 0 Å². The molecule has 0 radical (unpaired) electrons. The van der Waals surface area contributed by atoms with Gasteiger partial charge in [0.1, 0.15) is 5.82 Å². The molecule has 1 amide bonds. The van der Waals surface area contributed by atoms with Gasteiger partial charge in [-0.25, -0.2) is 4.98 Å². The maximum Gasteiger partial charge on any atom is 0.227 e. The number of amides is 1. The average Bonchev–Trinajstić information content (AvgIpc) is 2.69. The van der Waals surface area contributed by atoms with E-state index in [2.05, 4.69) is 25.2 Å². The maximum absolute atomic E-state index is 12.7. The van der Waals surface area contributed by atoms with Gasteiger partial charge in [-0.05, 0) is 44.2 Å². The molecule has 1 aliphatic rings. The van der Waals surface area contributed by atoms with Crippen LogP contribution < -0.4 is 10.2 Å². The molecule has 1 aliphatic heterocycles. The Kier molecular flexibility index (Phi) is 5.58. The van der Waals surface area contributed by atoms with Crippen molar-refractivity contribution in [2.45, 2.75) is 32.1 Å². The fourth-order valence-corrected chi connectivity index (χ4v) is 3.70. The van der Waals surface area contributed by atoms with E-state index in [1.165, 1.54) is 0 Å². The third kappa shape index (κ3) is 4.13. The molecule has 0 bridgehead atoms. The summed E-state index contributed by atoms with van der Waals surface area (Å²) in [5.41, 5.74) is 0.610. The molecule has 6 nitrogen and oxygen atoms in total. The molecule has 0 unspecified atom stereocenters. The van der Waals surface area contributed by atoms with Gasteiger partial charge in [0.2, 0.25) is 5.91 Å². The molecule has 1 N–H and O–H groups in total. The van der Waals surface area contributed by atoms with Crippen LogP contribution >= 0.6 is 0 Å². The van der Waals surface area contributed by atoms with Gasteiger partial charge in [0.25, 0.3) is 0 Å². The van der Waals surface area contributed by atoms with Crippen molar-refractivity contribution in [2.24, 2.45) is 5.41 Å². The molecule has 2 aromatic rings. The zero-order chi connectivity index (χ0) is 17.5. The van der Waals surface area contributed by atoms with Crippen molar-refractivity contribution >= 4 is 11.7 Å². The lowest BCUT2D eigenvalue weighted by molar-refractivity contribution is -0.131. The van der Waals surface area contributed by atoms with Gasteiger partial charge in [-0.2, -0.15) is 0 Å². The summed E-state index contributed by atoms with van der Waals surface area (Å²) in [5, 5.41) is 2.88. The fourth-order valence-electron chi connectivity index (χ4n) is 3.70. The summed E-state index contributed by atoms with van der Waals surface area (Å²) in [6, 6.07) is 5.92. The smallest absolute Gasteiger partial charge is 0.227 e. The average molecular weight is 339 g/mol. The van der Waals surface area contributed by atoms with Crippen LogP contribution in [0.15, 0.2) is 43.0 Å². The van der Waals surface area contributed by atoms with Crippen LogP contribution in [0.4, 0.5) is 5.82 Å². The number of pyridine rings is 1. The molecule has 1 fully saturated rings. The van der Waals surface area contributed by atoms with Gasteiger partial charge in [0.15, 0.2) is 0 Å². The lowest BCUT2D eigenvalue weighted by Gasteiger charge is -2.42. The van der Waals surface area contributed by atoms with Gasteiger partial charge in [-0.15, -0.1) is 0 Å². The molecule has 1 atom stereocenters. The van der Waals surface area contributed by atoms with Gasteiger partial charge in [-0.3, -0.25) is 14.8 Å². The molecule has 0 saturated carbocycles. The highest BCUT2D eigenvalue weighted by molar-refractivity contribution is 5.83. The second-order valence-corrected chi connectivity index (χ2v) is 6.62. The van der Waals surface area contributed by atoms with Crippen LogP contribution in [0, 0.1) is 5.41 Å². The highest BCUT2D eigenvalue weighted by atomic mass is 16.2. The standard InChI is InChI=1S/C19H25N5O/c1-20-18(25)19(8-4-6-16-14-21-11-12-22-16)9-5-13-24(15-19)17-7-2-3-10-23-17/h2-3,7,10-12,14H,4-6,8-9,13,15H2,1H3,(H,20,25)/t19-/m0/s1. The summed E-state index contributed by atoms with van der Waals surface area (Å²) in [6.45, 7) is 1.66. The van der Waals surface area contributed by atoms with Crippen LogP contribution in [-0.2, 0) is 11.2 Å². The van der Waals surface area contributed by atoms with E-state index in [0.29, 0.717) is 6.54 Å². The van der Waals surface area contributed by atoms with Crippen molar-refractivity contribution in [3.05, 3.63) is 48.7 Å². The Morgan fingerprint density at radius 1 is 1.28 bits per heavy atom. The van der Waals surface area contributed by atoms with Crippen molar-refractivity contribution in [2.75, 3.05) is 25.0 Å². The minimum absolute atomic E-state index is 0.132. The highest BCUT2D eigenvalue weighted by Gasteiger charge is 2.41. The Labute approximate surface area is 148 Å². The number of hydrogen-bond donors (Lipinski definition) is 1. The third-order valence-corrected chi connectivity index (χ3v) is 4.96. The quantitative estimate of drug-likeness (QED) is 0.874.